The molecule has 0 aliphatic heterocycles. The number of aromatic nitrogens is 2. The van der Waals surface area contributed by atoms with Crippen LogP contribution in [0.15, 0.2) is 11.6 Å². The average molecular weight is 216 g/mol. The molecular weight excluding hydrogens is 206 g/mol. The fraction of sp³-hybridized carbons (Fsp3) is 0.375. The van der Waals surface area contributed by atoms with Crippen LogP contribution in [-0.2, 0) is 6.54 Å². The first kappa shape index (κ1) is 10.7. The highest BCUT2D eigenvalue weighted by Crippen LogP contribution is 2.22. The molecule has 0 amide bonds. The summed E-state index contributed by atoms with van der Waals surface area (Å²) in [6.07, 6.45) is 0. The molecule has 0 bridgehead atoms. The van der Waals surface area contributed by atoms with E-state index in [2.05, 4.69) is 11.7 Å². The van der Waals surface area contributed by atoms with Gasteiger partial charge in [0.05, 0.1) is 11.5 Å². The van der Waals surface area contributed by atoms with Crippen molar-refractivity contribution in [3.05, 3.63) is 33.1 Å². The number of nitro groups is 1. The van der Waals surface area contributed by atoms with Crippen LogP contribution in [0.1, 0.15) is 11.4 Å². The zero-order chi connectivity index (χ0) is 10.9. The van der Waals surface area contributed by atoms with E-state index in [1.807, 2.05) is 0 Å². The van der Waals surface area contributed by atoms with Gasteiger partial charge in [0.1, 0.15) is 11.4 Å². The maximum Gasteiger partial charge on any atom is 0.312 e. The van der Waals surface area contributed by atoms with Crippen molar-refractivity contribution >= 4 is 17.3 Å². The molecule has 1 aromatic rings. The number of nitrogens with zero attached hydrogens (tertiary/aromatic N) is 3. The van der Waals surface area contributed by atoms with Crippen molar-refractivity contribution in [1.82, 2.24) is 9.78 Å². The molecule has 1 heterocycles. The molecule has 1 aromatic heterocycles. The zero-order valence-corrected chi connectivity index (χ0v) is 8.71. The number of allylic oxidation sites excluding steroid dienone is 1. The Labute approximate surface area is 86.1 Å². The third kappa shape index (κ3) is 1.93. The van der Waals surface area contributed by atoms with Crippen LogP contribution in [0.5, 0.6) is 0 Å². The van der Waals surface area contributed by atoms with Gasteiger partial charge in [-0.25, -0.2) is 0 Å². The Hall–Kier alpha value is -1.36. The predicted molar refractivity (Wildman–Crippen MR) is 53.3 cm³/mol. The first-order chi connectivity index (χ1) is 6.43. The van der Waals surface area contributed by atoms with Crippen molar-refractivity contribution in [2.75, 3.05) is 0 Å². The third-order valence-electron chi connectivity index (χ3n) is 1.85. The molecule has 0 aliphatic rings. The normalized spacial score (nSPS) is 10.2. The minimum atomic E-state index is -0.439. The van der Waals surface area contributed by atoms with Gasteiger partial charge >= 0.3 is 5.69 Å². The van der Waals surface area contributed by atoms with Crippen molar-refractivity contribution in [3.8, 4) is 0 Å². The Kier molecular flexibility index (Phi) is 2.90. The third-order valence-corrected chi connectivity index (χ3v) is 1.97. The van der Waals surface area contributed by atoms with Crippen LogP contribution in [0.4, 0.5) is 5.69 Å². The van der Waals surface area contributed by atoms with E-state index >= 15 is 0 Å². The molecule has 14 heavy (non-hydrogen) atoms. The van der Waals surface area contributed by atoms with E-state index in [4.69, 9.17) is 11.6 Å². The highest BCUT2D eigenvalue weighted by Gasteiger charge is 2.21. The molecule has 5 nitrogen and oxygen atoms in total. The summed E-state index contributed by atoms with van der Waals surface area (Å²) in [5, 5.41) is 15.0. The Morgan fingerprint density at radius 3 is 2.64 bits per heavy atom. The summed E-state index contributed by atoms with van der Waals surface area (Å²) in [6.45, 7) is 7.04. The highest BCUT2D eigenvalue weighted by atomic mass is 35.5. The van der Waals surface area contributed by atoms with Gasteiger partial charge in [-0.1, -0.05) is 18.2 Å². The largest absolute Gasteiger partial charge is 0.312 e. The molecular formula is C8H10ClN3O2. The molecule has 0 aliphatic carbocycles. The Morgan fingerprint density at radius 2 is 2.29 bits per heavy atom. The summed E-state index contributed by atoms with van der Waals surface area (Å²) in [5.41, 5.74) is 0.933. The molecule has 0 aromatic carbocycles. The topological polar surface area (TPSA) is 61.0 Å². The molecule has 0 radical (unpaired) electrons. The minimum Gasteiger partial charge on any atom is -0.258 e. The molecule has 0 atom stereocenters. The first-order valence-corrected chi connectivity index (χ1v) is 4.33. The Morgan fingerprint density at radius 1 is 1.71 bits per heavy atom. The summed E-state index contributed by atoms with van der Waals surface area (Å²) in [6, 6.07) is 0. The maximum absolute atomic E-state index is 10.6. The van der Waals surface area contributed by atoms with Gasteiger partial charge in [-0.05, 0) is 13.8 Å². The van der Waals surface area contributed by atoms with Crippen LogP contribution in [0, 0.1) is 24.0 Å². The van der Waals surface area contributed by atoms with E-state index in [0.717, 1.165) is 0 Å². The van der Waals surface area contributed by atoms with Crippen LogP contribution in [0.3, 0.4) is 0 Å². The molecule has 0 spiro atoms. The summed E-state index contributed by atoms with van der Waals surface area (Å²) in [5.74, 6) is 0. The number of aryl methyl sites for hydroxylation is 1. The summed E-state index contributed by atoms with van der Waals surface area (Å²) >= 11 is 5.60. The van der Waals surface area contributed by atoms with Crippen molar-refractivity contribution in [1.29, 1.82) is 0 Å². The SMILES string of the molecule is C=C(Cl)Cn1nc(C)c([N+](=O)[O-])c1C. The number of rotatable bonds is 3. The quantitative estimate of drug-likeness (QED) is 0.573. The fourth-order valence-electron chi connectivity index (χ4n) is 1.27. The van der Waals surface area contributed by atoms with Gasteiger partial charge in [-0.2, -0.15) is 5.10 Å². The maximum atomic E-state index is 10.6. The lowest BCUT2D eigenvalue weighted by atomic mass is 10.3. The predicted octanol–water partition coefficient (Wildman–Crippen LogP) is 2.16. The highest BCUT2D eigenvalue weighted by molar-refractivity contribution is 6.29. The molecule has 0 saturated heterocycles. The van der Waals surface area contributed by atoms with Crippen LogP contribution in [-0.4, -0.2) is 14.7 Å². The van der Waals surface area contributed by atoms with Crippen LogP contribution >= 0.6 is 11.6 Å². The molecule has 0 fully saturated rings. The van der Waals surface area contributed by atoms with Gasteiger partial charge in [0, 0.05) is 5.03 Å². The van der Waals surface area contributed by atoms with Crippen molar-refractivity contribution in [2.45, 2.75) is 20.4 Å². The standard InChI is InChI=1S/C8H10ClN3O2/c1-5(9)4-11-7(3)8(12(13)14)6(2)10-11/h1,4H2,2-3H3. The molecule has 76 valence electrons. The average Bonchev–Trinajstić information content (AvgIpc) is 2.25. The summed E-state index contributed by atoms with van der Waals surface area (Å²) in [4.78, 5) is 10.2. The molecule has 0 N–H and O–H groups in total. The second-order valence-corrected chi connectivity index (χ2v) is 3.49. The van der Waals surface area contributed by atoms with E-state index in [1.54, 1.807) is 13.8 Å². The monoisotopic (exact) mass is 215 g/mol. The van der Waals surface area contributed by atoms with E-state index in [0.29, 0.717) is 23.0 Å². The Balaban J connectivity index is 3.16. The Bertz CT molecular complexity index is 398. The molecule has 1 rings (SSSR count). The van der Waals surface area contributed by atoms with Crippen LogP contribution < -0.4 is 0 Å². The van der Waals surface area contributed by atoms with Gasteiger partial charge in [-0.15, -0.1) is 0 Å². The van der Waals surface area contributed by atoms with Crippen molar-refractivity contribution in [2.24, 2.45) is 0 Å². The first-order valence-electron chi connectivity index (χ1n) is 3.95. The zero-order valence-electron chi connectivity index (χ0n) is 7.95. The lowest BCUT2D eigenvalue weighted by molar-refractivity contribution is -0.386. The van der Waals surface area contributed by atoms with E-state index in [1.165, 1.54) is 4.68 Å². The molecule has 0 unspecified atom stereocenters. The van der Waals surface area contributed by atoms with E-state index in [9.17, 15) is 10.1 Å². The van der Waals surface area contributed by atoms with Crippen LogP contribution in [0.25, 0.3) is 0 Å². The molecule has 6 heteroatoms. The van der Waals surface area contributed by atoms with Gasteiger partial charge < -0.3 is 0 Å². The number of hydrogen-bond donors (Lipinski definition) is 0. The lowest BCUT2D eigenvalue weighted by Crippen LogP contribution is -2.02. The van der Waals surface area contributed by atoms with E-state index < -0.39 is 4.92 Å². The van der Waals surface area contributed by atoms with Crippen molar-refractivity contribution in [3.63, 3.8) is 0 Å². The minimum absolute atomic E-state index is 0.0444. The van der Waals surface area contributed by atoms with Gasteiger partial charge in [0.2, 0.25) is 0 Å². The summed E-state index contributed by atoms with van der Waals surface area (Å²) < 4.78 is 1.48. The summed E-state index contributed by atoms with van der Waals surface area (Å²) in [7, 11) is 0. The van der Waals surface area contributed by atoms with Gasteiger partial charge in [-0.3, -0.25) is 14.8 Å². The number of halogens is 1. The van der Waals surface area contributed by atoms with Crippen molar-refractivity contribution < 1.29 is 4.92 Å². The van der Waals surface area contributed by atoms with Crippen LogP contribution in [0.2, 0.25) is 0 Å². The van der Waals surface area contributed by atoms with E-state index in [-0.39, 0.29) is 5.69 Å². The lowest BCUT2D eigenvalue weighted by Gasteiger charge is -1.99. The number of hydrogen-bond acceptors (Lipinski definition) is 3. The second kappa shape index (κ2) is 3.79. The molecule has 0 saturated carbocycles. The van der Waals surface area contributed by atoms with Gasteiger partial charge in [0.15, 0.2) is 0 Å². The fourth-order valence-corrected chi connectivity index (χ4v) is 1.38. The van der Waals surface area contributed by atoms with Gasteiger partial charge in [0.25, 0.3) is 0 Å². The smallest absolute Gasteiger partial charge is 0.258 e. The second-order valence-electron chi connectivity index (χ2n) is 2.95.